The number of nitrogens with one attached hydrogen (secondary N) is 1. The van der Waals surface area contributed by atoms with E-state index in [0.29, 0.717) is 11.2 Å². The van der Waals surface area contributed by atoms with Gasteiger partial charge in [-0.15, -0.1) is 0 Å². The highest BCUT2D eigenvalue weighted by Gasteiger charge is 2.17. The molecule has 6 aromatic rings. The second-order valence-corrected chi connectivity index (χ2v) is 8.48. The van der Waals surface area contributed by atoms with Gasteiger partial charge in [0.1, 0.15) is 6.54 Å². The molecule has 7 heteroatoms. The first kappa shape index (κ1) is 20.8. The number of fused-ring (bicyclic) bond motifs is 4. The van der Waals surface area contributed by atoms with Gasteiger partial charge in [-0.2, -0.15) is 0 Å². The number of nitrogens with zero attached hydrogens (tertiary/aromatic N) is 4. The molecule has 3 heterocycles. The van der Waals surface area contributed by atoms with Crippen LogP contribution in [-0.2, 0) is 18.4 Å². The van der Waals surface area contributed by atoms with Crippen molar-refractivity contribution in [2.75, 3.05) is 5.32 Å². The summed E-state index contributed by atoms with van der Waals surface area (Å²) in [5.74, 6) is -0.276. The van der Waals surface area contributed by atoms with Gasteiger partial charge in [0.05, 0.1) is 28.3 Å². The lowest BCUT2D eigenvalue weighted by atomic mass is 10.0. The lowest BCUT2D eigenvalue weighted by Crippen LogP contribution is -2.28. The van der Waals surface area contributed by atoms with Crippen LogP contribution in [0, 0.1) is 0 Å². The van der Waals surface area contributed by atoms with Gasteiger partial charge in [-0.05, 0) is 42.0 Å². The largest absolute Gasteiger partial charge is 0.329 e. The molecule has 170 valence electrons. The van der Waals surface area contributed by atoms with Crippen LogP contribution < -0.4 is 11.0 Å². The SMILES string of the molecule is Cn1c(=O)n(CC(=O)Nc2ccccc2)c2cnc3ccc(-c4cnc5ccccc5c4)cc3c21. The summed E-state index contributed by atoms with van der Waals surface area (Å²) in [6, 6.07) is 25.3. The Morgan fingerprint density at radius 3 is 2.49 bits per heavy atom. The van der Waals surface area contributed by atoms with Crippen molar-refractivity contribution in [3.05, 3.63) is 102 Å². The second-order valence-electron chi connectivity index (χ2n) is 8.48. The number of aryl methyl sites for hydroxylation is 1. The first-order valence-electron chi connectivity index (χ1n) is 11.3. The Balaban J connectivity index is 1.45. The number of pyridine rings is 2. The van der Waals surface area contributed by atoms with E-state index in [4.69, 9.17) is 0 Å². The summed E-state index contributed by atoms with van der Waals surface area (Å²) in [7, 11) is 1.72. The summed E-state index contributed by atoms with van der Waals surface area (Å²) in [6.45, 7) is -0.105. The minimum absolute atomic E-state index is 0.105. The first-order valence-corrected chi connectivity index (χ1v) is 11.3. The number of amides is 1. The Morgan fingerprint density at radius 1 is 0.857 bits per heavy atom. The van der Waals surface area contributed by atoms with Gasteiger partial charge >= 0.3 is 5.69 Å². The van der Waals surface area contributed by atoms with Crippen molar-refractivity contribution < 1.29 is 4.79 Å². The molecule has 0 aliphatic heterocycles. The molecule has 1 N–H and O–H groups in total. The van der Waals surface area contributed by atoms with Gasteiger partial charge in [-0.25, -0.2) is 4.79 Å². The van der Waals surface area contributed by atoms with Gasteiger partial charge < -0.3 is 5.32 Å². The molecule has 3 aromatic heterocycles. The van der Waals surface area contributed by atoms with E-state index >= 15 is 0 Å². The summed E-state index contributed by atoms with van der Waals surface area (Å²) < 4.78 is 3.04. The third-order valence-corrected chi connectivity index (χ3v) is 6.25. The standard InChI is InChI=1S/C28H21N5O2/c1-32-27-22-14-18(20-13-19-7-5-6-10-23(19)29-15-20)11-12-24(22)30-16-25(27)33(28(32)35)17-26(34)31-21-8-3-2-4-9-21/h2-16H,17H2,1H3,(H,31,34). The van der Waals surface area contributed by atoms with Crippen molar-refractivity contribution in [2.45, 2.75) is 6.54 Å². The monoisotopic (exact) mass is 459 g/mol. The third-order valence-electron chi connectivity index (χ3n) is 6.25. The smallest absolute Gasteiger partial charge is 0.325 e. The van der Waals surface area contributed by atoms with Crippen LogP contribution in [0.1, 0.15) is 0 Å². The van der Waals surface area contributed by atoms with E-state index in [1.165, 1.54) is 4.57 Å². The molecule has 0 aliphatic carbocycles. The minimum atomic E-state index is -0.276. The third kappa shape index (κ3) is 3.63. The van der Waals surface area contributed by atoms with Crippen molar-refractivity contribution in [3.63, 3.8) is 0 Å². The van der Waals surface area contributed by atoms with Gasteiger partial charge in [0.2, 0.25) is 5.91 Å². The molecule has 7 nitrogen and oxygen atoms in total. The number of carbonyl (C=O) groups is 1. The molecule has 0 unspecified atom stereocenters. The number of para-hydroxylation sites is 2. The molecule has 0 radical (unpaired) electrons. The van der Waals surface area contributed by atoms with Gasteiger partial charge in [-0.3, -0.25) is 23.9 Å². The molecule has 0 bridgehead atoms. The molecular weight excluding hydrogens is 438 g/mol. The van der Waals surface area contributed by atoms with E-state index in [9.17, 15) is 9.59 Å². The minimum Gasteiger partial charge on any atom is -0.325 e. The van der Waals surface area contributed by atoms with Crippen molar-refractivity contribution >= 4 is 44.4 Å². The van der Waals surface area contributed by atoms with Gasteiger partial charge in [0.25, 0.3) is 0 Å². The van der Waals surface area contributed by atoms with Crippen LogP contribution in [0.25, 0.3) is 44.0 Å². The maximum absolute atomic E-state index is 13.1. The number of anilines is 1. The van der Waals surface area contributed by atoms with Crippen LogP contribution in [0.4, 0.5) is 5.69 Å². The van der Waals surface area contributed by atoms with Gasteiger partial charge in [0, 0.05) is 35.3 Å². The Labute approximate surface area is 200 Å². The number of imidazole rings is 1. The molecule has 0 saturated carbocycles. The number of benzene rings is 3. The average molecular weight is 460 g/mol. The van der Waals surface area contributed by atoms with Crippen molar-refractivity contribution in [3.8, 4) is 11.1 Å². The molecule has 0 atom stereocenters. The molecule has 35 heavy (non-hydrogen) atoms. The van der Waals surface area contributed by atoms with Crippen LogP contribution in [-0.4, -0.2) is 25.0 Å². The lowest BCUT2D eigenvalue weighted by Gasteiger charge is -2.08. The number of carbonyl (C=O) groups excluding carboxylic acids is 1. The van der Waals surface area contributed by atoms with Crippen molar-refractivity contribution in [1.29, 1.82) is 0 Å². The van der Waals surface area contributed by atoms with E-state index in [2.05, 4.69) is 21.4 Å². The molecule has 0 spiro atoms. The predicted octanol–water partition coefficient (Wildman–Crippen LogP) is 4.74. The van der Waals surface area contributed by atoms with Crippen molar-refractivity contribution in [2.24, 2.45) is 7.05 Å². The fraction of sp³-hybridized carbons (Fsp3) is 0.0714. The highest BCUT2D eigenvalue weighted by atomic mass is 16.2. The summed E-state index contributed by atoms with van der Waals surface area (Å²) in [4.78, 5) is 35.0. The van der Waals surface area contributed by atoms with Gasteiger partial charge in [-0.1, -0.05) is 42.5 Å². The zero-order chi connectivity index (χ0) is 23.9. The van der Waals surface area contributed by atoms with E-state index in [1.54, 1.807) is 17.8 Å². The van der Waals surface area contributed by atoms with Crippen molar-refractivity contribution in [1.82, 2.24) is 19.1 Å². The fourth-order valence-electron chi connectivity index (χ4n) is 4.52. The molecule has 0 saturated heterocycles. The number of aromatic nitrogens is 4. The Bertz CT molecular complexity index is 1800. The maximum atomic E-state index is 13.1. The van der Waals surface area contributed by atoms with E-state index in [0.717, 1.165) is 38.4 Å². The van der Waals surface area contributed by atoms with Crippen LogP contribution in [0.15, 0.2) is 96.1 Å². The van der Waals surface area contributed by atoms with Gasteiger partial charge in [0.15, 0.2) is 0 Å². The Morgan fingerprint density at radius 2 is 1.63 bits per heavy atom. The highest BCUT2D eigenvalue weighted by Crippen LogP contribution is 2.29. The summed E-state index contributed by atoms with van der Waals surface area (Å²) in [5.41, 5.74) is 5.44. The average Bonchev–Trinajstić information content (AvgIpc) is 3.13. The molecular formula is C28H21N5O2. The molecule has 1 amide bonds. The first-order chi connectivity index (χ1) is 17.1. The maximum Gasteiger partial charge on any atom is 0.329 e. The predicted molar refractivity (Wildman–Crippen MR) is 138 cm³/mol. The normalized spacial score (nSPS) is 11.3. The molecule has 0 aliphatic rings. The Kier molecular flexibility index (Phi) is 4.88. The number of hydrogen-bond acceptors (Lipinski definition) is 4. The zero-order valence-corrected chi connectivity index (χ0v) is 19.0. The van der Waals surface area contributed by atoms with E-state index in [-0.39, 0.29) is 18.1 Å². The van der Waals surface area contributed by atoms with E-state index in [1.807, 2.05) is 79.0 Å². The summed E-state index contributed by atoms with van der Waals surface area (Å²) in [5, 5.41) is 4.74. The quantitative estimate of drug-likeness (QED) is 0.413. The van der Waals surface area contributed by atoms with E-state index < -0.39 is 0 Å². The zero-order valence-electron chi connectivity index (χ0n) is 19.0. The molecule has 3 aromatic carbocycles. The second kappa shape index (κ2) is 8.22. The summed E-state index contributed by atoms with van der Waals surface area (Å²) >= 11 is 0. The fourth-order valence-corrected chi connectivity index (χ4v) is 4.52. The molecule has 0 fully saturated rings. The molecule has 6 rings (SSSR count). The van der Waals surface area contributed by atoms with Crippen LogP contribution in [0.5, 0.6) is 0 Å². The number of hydrogen-bond donors (Lipinski definition) is 1. The van der Waals surface area contributed by atoms with Crippen LogP contribution in [0.2, 0.25) is 0 Å². The topological polar surface area (TPSA) is 81.8 Å². The number of rotatable bonds is 4. The highest BCUT2D eigenvalue weighted by molar-refractivity contribution is 6.04. The summed E-state index contributed by atoms with van der Waals surface area (Å²) in [6.07, 6.45) is 3.52. The lowest BCUT2D eigenvalue weighted by molar-refractivity contribution is -0.116. The van der Waals surface area contributed by atoms with Crippen LogP contribution >= 0.6 is 0 Å². The van der Waals surface area contributed by atoms with Crippen LogP contribution in [0.3, 0.4) is 0 Å². The Hall–Kier alpha value is -4.78.